The molecule has 0 atom stereocenters. The summed E-state index contributed by atoms with van der Waals surface area (Å²) >= 11 is 0. The molecule has 2 N–H and O–H groups in total. The molecule has 0 saturated heterocycles. The Hall–Kier alpha value is -2.05. The van der Waals surface area contributed by atoms with E-state index in [1.54, 1.807) is 0 Å². The molecule has 0 aromatic carbocycles. The summed E-state index contributed by atoms with van der Waals surface area (Å²) < 4.78 is 2.40. The Morgan fingerprint density at radius 2 is 1.64 bits per heavy atom. The number of hydrogen-bond donors (Lipinski definition) is 2. The molecule has 0 bridgehead atoms. The summed E-state index contributed by atoms with van der Waals surface area (Å²) in [4.78, 5) is 38.1. The zero-order valence-corrected chi connectivity index (χ0v) is 7.62. The number of nitrogens with zero attached hydrogens (tertiary/aromatic N) is 2. The maximum atomic E-state index is 11.4. The Bertz CT molecular complexity index is 669. The van der Waals surface area contributed by atoms with E-state index in [0.29, 0.717) is 0 Å². The minimum atomic E-state index is -0.622. The number of H-pyrrole nitrogens is 2. The van der Waals surface area contributed by atoms with Crippen LogP contribution in [0.1, 0.15) is 0 Å². The van der Waals surface area contributed by atoms with Crippen molar-refractivity contribution in [3.63, 3.8) is 0 Å². The van der Waals surface area contributed by atoms with Crippen LogP contribution in [0.15, 0.2) is 14.4 Å². The maximum absolute atomic E-state index is 11.4. The second-order valence-corrected chi connectivity index (χ2v) is 3.01. The van der Waals surface area contributed by atoms with Crippen LogP contribution in [0, 0.1) is 0 Å². The molecule has 0 saturated carbocycles. The second-order valence-electron chi connectivity index (χ2n) is 3.01. The van der Waals surface area contributed by atoms with Gasteiger partial charge in [-0.05, 0) is 0 Å². The van der Waals surface area contributed by atoms with Gasteiger partial charge in [-0.3, -0.25) is 23.9 Å². The lowest BCUT2D eigenvalue weighted by molar-refractivity contribution is 0.790. The van der Waals surface area contributed by atoms with Crippen LogP contribution >= 0.6 is 0 Å². The van der Waals surface area contributed by atoms with Crippen molar-refractivity contribution in [1.82, 2.24) is 19.1 Å². The van der Waals surface area contributed by atoms with Gasteiger partial charge in [-0.1, -0.05) is 0 Å². The van der Waals surface area contributed by atoms with E-state index in [1.165, 1.54) is 23.2 Å². The number of aromatic nitrogens is 4. The van der Waals surface area contributed by atoms with Crippen LogP contribution in [0.25, 0.3) is 11.2 Å². The fourth-order valence-electron chi connectivity index (χ4n) is 1.44. The van der Waals surface area contributed by atoms with Gasteiger partial charge in [-0.25, -0.2) is 9.59 Å². The van der Waals surface area contributed by atoms with Gasteiger partial charge in [0.1, 0.15) is 5.65 Å². The lowest BCUT2D eigenvalue weighted by Gasteiger charge is -1.91. The van der Waals surface area contributed by atoms with Gasteiger partial charge >= 0.3 is 11.4 Å². The van der Waals surface area contributed by atoms with Crippen LogP contribution in [-0.4, -0.2) is 19.1 Å². The topological polar surface area (TPSA) is 92.7 Å². The molecule has 14 heavy (non-hydrogen) atoms. The summed E-state index contributed by atoms with van der Waals surface area (Å²) in [7, 11) is 2.96. The van der Waals surface area contributed by atoms with E-state index in [0.717, 1.165) is 0 Å². The number of imidazole rings is 1. The highest BCUT2D eigenvalue weighted by Gasteiger charge is 2.11. The second kappa shape index (κ2) is 2.47. The molecule has 2 rings (SSSR count). The first-order chi connectivity index (χ1) is 6.52. The lowest BCUT2D eigenvalue weighted by atomic mass is 10.5. The normalized spacial score (nSPS) is 11.0. The van der Waals surface area contributed by atoms with Crippen LogP contribution in [0.2, 0.25) is 0 Å². The van der Waals surface area contributed by atoms with Gasteiger partial charge in [0.05, 0.1) is 0 Å². The minimum Gasteiger partial charge on any atom is -0.291 e. The quantitative estimate of drug-likeness (QED) is 0.523. The van der Waals surface area contributed by atoms with Crippen molar-refractivity contribution >= 4 is 11.2 Å². The third-order valence-corrected chi connectivity index (χ3v) is 2.14. The smallest absolute Gasteiger partial charge is 0.291 e. The van der Waals surface area contributed by atoms with E-state index < -0.39 is 11.2 Å². The zero-order chi connectivity index (χ0) is 10.5. The van der Waals surface area contributed by atoms with Crippen molar-refractivity contribution in [3.8, 4) is 0 Å². The van der Waals surface area contributed by atoms with Crippen molar-refractivity contribution < 1.29 is 0 Å². The SMILES string of the molecule is Cn1c(=O)n(C)c2c(=O)[nH]c(=O)[nH]c21. The molecule has 0 unspecified atom stereocenters. The van der Waals surface area contributed by atoms with Gasteiger partial charge in [0.15, 0.2) is 5.52 Å². The molecule has 0 fully saturated rings. The molecule has 0 aliphatic rings. The molecule has 0 amide bonds. The van der Waals surface area contributed by atoms with Gasteiger partial charge < -0.3 is 0 Å². The number of nitrogens with one attached hydrogen (secondary N) is 2. The van der Waals surface area contributed by atoms with Gasteiger partial charge in [0.2, 0.25) is 0 Å². The van der Waals surface area contributed by atoms with Gasteiger partial charge in [0, 0.05) is 14.1 Å². The van der Waals surface area contributed by atoms with Crippen LogP contribution in [0.5, 0.6) is 0 Å². The standard InChI is InChI=1S/C7H8N4O3/c1-10-3-4(11(2)7(10)14)8-6(13)9-5(3)12/h1-2H3,(H2,8,9,12,13). The molecule has 74 valence electrons. The Morgan fingerprint density at radius 3 is 2.29 bits per heavy atom. The van der Waals surface area contributed by atoms with Gasteiger partial charge in [-0.2, -0.15) is 0 Å². The van der Waals surface area contributed by atoms with Gasteiger partial charge in [-0.15, -0.1) is 0 Å². The first-order valence-corrected chi connectivity index (χ1v) is 3.90. The number of hydrogen-bond acceptors (Lipinski definition) is 3. The van der Waals surface area contributed by atoms with Crippen molar-refractivity contribution in [2.24, 2.45) is 14.1 Å². The summed E-state index contributed by atoms with van der Waals surface area (Å²) in [5.41, 5.74) is -1.15. The predicted octanol–water partition coefficient (Wildman–Crippen LogP) is -1.75. The van der Waals surface area contributed by atoms with Crippen LogP contribution < -0.4 is 16.9 Å². The summed E-state index contributed by atoms with van der Waals surface area (Å²) in [6.07, 6.45) is 0. The summed E-state index contributed by atoms with van der Waals surface area (Å²) in [5, 5.41) is 0. The number of aromatic amines is 2. The van der Waals surface area contributed by atoms with Crippen LogP contribution in [0.4, 0.5) is 0 Å². The first-order valence-electron chi connectivity index (χ1n) is 3.90. The number of aryl methyl sites for hydroxylation is 2. The molecule has 2 aromatic rings. The molecule has 0 aliphatic carbocycles. The number of rotatable bonds is 0. The Balaban J connectivity index is 3.27. The molecular weight excluding hydrogens is 188 g/mol. The largest absolute Gasteiger partial charge is 0.329 e. The molecule has 2 heterocycles. The average Bonchev–Trinajstić information content (AvgIpc) is 2.31. The monoisotopic (exact) mass is 196 g/mol. The van der Waals surface area contributed by atoms with Crippen molar-refractivity contribution in [3.05, 3.63) is 31.3 Å². The molecule has 0 spiro atoms. The fourth-order valence-corrected chi connectivity index (χ4v) is 1.44. The minimum absolute atomic E-state index is 0.164. The number of fused-ring (bicyclic) bond motifs is 1. The van der Waals surface area contributed by atoms with Crippen molar-refractivity contribution in [1.29, 1.82) is 0 Å². The van der Waals surface area contributed by atoms with Crippen molar-refractivity contribution in [2.75, 3.05) is 0 Å². The highest BCUT2D eigenvalue weighted by molar-refractivity contribution is 5.69. The summed E-state index contributed by atoms with van der Waals surface area (Å²) in [6.45, 7) is 0. The van der Waals surface area contributed by atoms with E-state index in [2.05, 4.69) is 9.97 Å². The molecule has 7 heteroatoms. The third-order valence-electron chi connectivity index (χ3n) is 2.14. The summed E-state index contributed by atoms with van der Waals surface area (Å²) in [5.74, 6) is 0. The fraction of sp³-hybridized carbons (Fsp3) is 0.286. The van der Waals surface area contributed by atoms with Gasteiger partial charge in [0.25, 0.3) is 5.56 Å². The highest BCUT2D eigenvalue weighted by Crippen LogP contribution is 1.97. The Kier molecular flexibility index (Phi) is 1.51. The molecular formula is C7H8N4O3. The van der Waals surface area contributed by atoms with E-state index in [1.807, 2.05) is 0 Å². The molecule has 0 radical (unpaired) electrons. The third kappa shape index (κ3) is 0.889. The van der Waals surface area contributed by atoms with E-state index in [9.17, 15) is 14.4 Å². The molecule has 0 aliphatic heterocycles. The lowest BCUT2D eigenvalue weighted by Crippen LogP contribution is -2.23. The maximum Gasteiger partial charge on any atom is 0.329 e. The van der Waals surface area contributed by atoms with Crippen LogP contribution in [0.3, 0.4) is 0 Å². The van der Waals surface area contributed by atoms with Crippen LogP contribution in [-0.2, 0) is 14.1 Å². The molecule has 7 nitrogen and oxygen atoms in total. The average molecular weight is 196 g/mol. The van der Waals surface area contributed by atoms with E-state index >= 15 is 0 Å². The van der Waals surface area contributed by atoms with E-state index in [-0.39, 0.29) is 16.9 Å². The Labute approximate surface area is 76.6 Å². The highest BCUT2D eigenvalue weighted by atomic mass is 16.2. The first kappa shape index (κ1) is 8.54. The van der Waals surface area contributed by atoms with Crippen molar-refractivity contribution in [2.45, 2.75) is 0 Å². The Morgan fingerprint density at radius 1 is 1.00 bits per heavy atom. The van der Waals surface area contributed by atoms with E-state index in [4.69, 9.17) is 0 Å². The summed E-state index contributed by atoms with van der Waals surface area (Å²) in [6, 6.07) is 0. The molecule has 2 aromatic heterocycles. The zero-order valence-electron chi connectivity index (χ0n) is 7.62. The predicted molar refractivity (Wildman–Crippen MR) is 49.4 cm³/mol.